The van der Waals surface area contributed by atoms with Gasteiger partial charge in [0.25, 0.3) is 0 Å². The van der Waals surface area contributed by atoms with Crippen molar-refractivity contribution >= 4 is 18.0 Å². The average molecular weight is 222 g/mol. The van der Waals surface area contributed by atoms with Gasteiger partial charge < -0.3 is 15.0 Å². The monoisotopic (exact) mass is 222 g/mol. The Labute approximate surface area is 90.9 Å². The molecule has 0 bridgehead atoms. The van der Waals surface area contributed by atoms with Gasteiger partial charge in [-0.3, -0.25) is 14.4 Å². The van der Waals surface area contributed by atoms with E-state index in [1.165, 1.54) is 13.0 Å². The molecule has 2 N–H and O–H groups in total. The lowest BCUT2D eigenvalue weighted by Gasteiger charge is -2.29. The summed E-state index contributed by atoms with van der Waals surface area (Å²) in [5.74, 6) is -0.963. The van der Waals surface area contributed by atoms with Crippen molar-refractivity contribution in [2.45, 2.75) is 19.7 Å². The van der Waals surface area contributed by atoms with E-state index in [1.807, 2.05) is 0 Å². The summed E-state index contributed by atoms with van der Waals surface area (Å²) in [6, 6.07) is 1.38. The molecule has 1 aromatic heterocycles. The maximum absolute atomic E-state index is 11.7. The fourth-order valence-electron chi connectivity index (χ4n) is 1.75. The Balaban J connectivity index is 2.45. The molecule has 2 rings (SSSR count). The number of hydrogen-bond donors (Lipinski definition) is 2. The minimum atomic E-state index is -1.46. The van der Waals surface area contributed by atoms with E-state index in [-0.39, 0.29) is 17.8 Å². The highest BCUT2D eigenvalue weighted by Crippen LogP contribution is 2.22. The molecule has 0 fully saturated rings. The number of carbonyl (C=O) groups is 3. The molecule has 1 aromatic rings. The van der Waals surface area contributed by atoms with Gasteiger partial charge in [-0.15, -0.1) is 0 Å². The molecule has 1 amide bonds. The fourth-order valence-corrected chi connectivity index (χ4v) is 1.75. The third kappa shape index (κ3) is 1.43. The van der Waals surface area contributed by atoms with Crippen molar-refractivity contribution in [3.63, 3.8) is 0 Å². The summed E-state index contributed by atoms with van der Waals surface area (Å²) in [6.07, 6.45) is -0.879. The number of nitrogens with zero attached hydrogens (tertiary/aromatic N) is 1. The van der Waals surface area contributed by atoms with Gasteiger partial charge in [0.15, 0.2) is 12.5 Å². The molecule has 0 aliphatic carbocycles. The quantitative estimate of drug-likeness (QED) is 0.638. The van der Waals surface area contributed by atoms with Gasteiger partial charge in [0.1, 0.15) is 0 Å². The molecule has 1 unspecified atom stereocenters. The van der Waals surface area contributed by atoms with Gasteiger partial charge in [-0.05, 0) is 6.07 Å². The van der Waals surface area contributed by atoms with Crippen molar-refractivity contribution < 1.29 is 19.5 Å². The number of ketones is 1. The summed E-state index contributed by atoms with van der Waals surface area (Å²) in [4.78, 5) is 37.2. The lowest BCUT2D eigenvalue weighted by Crippen LogP contribution is -2.47. The SMILES string of the molecule is CC(=O)N1Cc2[nH]c(C=O)cc2C(=O)C1O. The smallest absolute Gasteiger partial charge is 0.222 e. The second-order valence-electron chi connectivity index (χ2n) is 3.62. The van der Waals surface area contributed by atoms with E-state index >= 15 is 0 Å². The molecular formula is C10H10N2O4. The minimum Gasteiger partial charge on any atom is -0.366 e. The molecule has 1 atom stereocenters. The van der Waals surface area contributed by atoms with E-state index in [4.69, 9.17) is 0 Å². The maximum atomic E-state index is 11.7. The van der Waals surface area contributed by atoms with Crippen LogP contribution in [0.5, 0.6) is 0 Å². The molecule has 1 aliphatic heterocycles. The zero-order chi connectivity index (χ0) is 11.9. The normalized spacial score (nSPS) is 19.5. The molecule has 2 heterocycles. The van der Waals surface area contributed by atoms with Gasteiger partial charge in [-0.25, -0.2) is 0 Å². The summed E-state index contributed by atoms with van der Waals surface area (Å²) in [7, 11) is 0. The number of aliphatic hydroxyl groups excluding tert-OH is 1. The first-order valence-electron chi connectivity index (χ1n) is 4.71. The summed E-state index contributed by atoms with van der Waals surface area (Å²) in [5.41, 5.74) is 1.01. The Morgan fingerprint density at radius 3 is 2.94 bits per heavy atom. The average Bonchev–Trinajstić information content (AvgIpc) is 2.66. The van der Waals surface area contributed by atoms with Crippen LogP contribution in [0.15, 0.2) is 6.07 Å². The van der Waals surface area contributed by atoms with Crippen LogP contribution in [-0.4, -0.2) is 39.2 Å². The zero-order valence-electron chi connectivity index (χ0n) is 8.56. The number of aromatic amines is 1. The predicted molar refractivity (Wildman–Crippen MR) is 52.7 cm³/mol. The molecule has 0 radical (unpaired) electrons. The molecule has 6 heteroatoms. The number of aromatic nitrogens is 1. The molecule has 84 valence electrons. The van der Waals surface area contributed by atoms with Crippen LogP contribution in [0, 0.1) is 0 Å². The number of aldehydes is 1. The van der Waals surface area contributed by atoms with Crippen LogP contribution in [0.25, 0.3) is 0 Å². The standard InChI is InChI=1S/C10H10N2O4/c1-5(14)12-3-8-7(9(15)10(12)16)2-6(4-13)11-8/h2,4,10-11,16H,3H2,1H3. The Kier molecular flexibility index (Phi) is 2.35. The second kappa shape index (κ2) is 3.57. The number of amides is 1. The summed E-state index contributed by atoms with van der Waals surface area (Å²) in [5, 5.41) is 9.59. The summed E-state index contributed by atoms with van der Waals surface area (Å²) >= 11 is 0. The third-order valence-corrected chi connectivity index (χ3v) is 2.58. The molecule has 6 nitrogen and oxygen atoms in total. The van der Waals surface area contributed by atoms with E-state index in [1.54, 1.807) is 0 Å². The largest absolute Gasteiger partial charge is 0.366 e. The van der Waals surface area contributed by atoms with Gasteiger partial charge >= 0.3 is 0 Å². The fraction of sp³-hybridized carbons (Fsp3) is 0.300. The number of aliphatic hydroxyl groups is 1. The zero-order valence-corrected chi connectivity index (χ0v) is 8.56. The highest BCUT2D eigenvalue weighted by Gasteiger charge is 2.34. The Bertz CT molecular complexity index is 477. The highest BCUT2D eigenvalue weighted by molar-refractivity contribution is 6.03. The number of hydrogen-bond acceptors (Lipinski definition) is 4. The third-order valence-electron chi connectivity index (χ3n) is 2.58. The van der Waals surface area contributed by atoms with Crippen molar-refractivity contribution in [3.8, 4) is 0 Å². The van der Waals surface area contributed by atoms with Gasteiger partial charge in [0.2, 0.25) is 11.7 Å². The van der Waals surface area contributed by atoms with Crippen LogP contribution in [-0.2, 0) is 11.3 Å². The lowest BCUT2D eigenvalue weighted by molar-refractivity contribution is -0.137. The van der Waals surface area contributed by atoms with E-state index < -0.39 is 17.9 Å². The van der Waals surface area contributed by atoms with Crippen molar-refractivity contribution in [2.75, 3.05) is 0 Å². The van der Waals surface area contributed by atoms with E-state index in [0.717, 1.165) is 4.90 Å². The number of H-pyrrole nitrogens is 1. The van der Waals surface area contributed by atoms with Crippen LogP contribution < -0.4 is 0 Å². The lowest BCUT2D eigenvalue weighted by atomic mass is 10.0. The number of rotatable bonds is 1. The molecule has 1 aliphatic rings. The Hall–Kier alpha value is -1.95. The first-order chi connectivity index (χ1) is 7.54. The van der Waals surface area contributed by atoms with Gasteiger partial charge in [-0.1, -0.05) is 0 Å². The van der Waals surface area contributed by atoms with Crippen LogP contribution >= 0.6 is 0 Å². The highest BCUT2D eigenvalue weighted by atomic mass is 16.3. The van der Waals surface area contributed by atoms with E-state index in [9.17, 15) is 19.5 Å². The van der Waals surface area contributed by atoms with Crippen LogP contribution in [0.4, 0.5) is 0 Å². The summed E-state index contributed by atoms with van der Waals surface area (Å²) in [6.45, 7) is 1.37. The van der Waals surface area contributed by atoms with Gasteiger partial charge in [-0.2, -0.15) is 0 Å². The Morgan fingerprint density at radius 1 is 1.69 bits per heavy atom. The number of fused-ring (bicyclic) bond motifs is 1. The Morgan fingerprint density at radius 2 is 2.38 bits per heavy atom. The molecular weight excluding hydrogens is 212 g/mol. The number of carbonyl (C=O) groups excluding carboxylic acids is 3. The minimum absolute atomic E-state index is 0.103. The first kappa shape index (κ1) is 10.6. The van der Waals surface area contributed by atoms with Gasteiger partial charge in [0, 0.05) is 18.2 Å². The van der Waals surface area contributed by atoms with E-state index in [0.29, 0.717) is 12.0 Å². The van der Waals surface area contributed by atoms with E-state index in [2.05, 4.69) is 4.98 Å². The summed E-state index contributed by atoms with van der Waals surface area (Å²) < 4.78 is 0. The second-order valence-corrected chi connectivity index (χ2v) is 3.62. The molecule has 0 saturated heterocycles. The van der Waals surface area contributed by atoms with Crippen LogP contribution in [0.3, 0.4) is 0 Å². The first-order valence-corrected chi connectivity index (χ1v) is 4.71. The van der Waals surface area contributed by atoms with Gasteiger partial charge in [0.05, 0.1) is 12.2 Å². The number of nitrogens with one attached hydrogen (secondary N) is 1. The maximum Gasteiger partial charge on any atom is 0.222 e. The molecule has 0 aromatic carbocycles. The van der Waals surface area contributed by atoms with Crippen LogP contribution in [0.2, 0.25) is 0 Å². The van der Waals surface area contributed by atoms with Crippen molar-refractivity contribution in [3.05, 3.63) is 23.0 Å². The van der Waals surface area contributed by atoms with Crippen molar-refractivity contribution in [1.82, 2.24) is 9.88 Å². The molecule has 16 heavy (non-hydrogen) atoms. The predicted octanol–water partition coefficient (Wildman–Crippen LogP) is -0.310. The molecule has 0 saturated carbocycles. The topological polar surface area (TPSA) is 90.5 Å². The molecule has 0 spiro atoms. The van der Waals surface area contributed by atoms with Crippen LogP contribution in [0.1, 0.15) is 33.5 Å². The van der Waals surface area contributed by atoms with Crippen molar-refractivity contribution in [2.24, 2.45) is 0 Å². The number of Topliss-reactive ketones (excluding diaryl/α,β-unsaturated/α-hetero) is 1. The van der Waals surface area contributed by atoms with Crippen molar-refractivity contribution in [1.29, 1.82) is 0 Å².